The van der Waals surface area contributed by atoms with Gasteiger partial charge in [-0.2, -0.15) is 5.10 Å². The molecule has 104 valence electrons. The van der Waals surface area contributed by atoms with Gasteiger partial charge >= 0.3 is 0 Å². The molecule has 0 aliphatic heterocycles. The Balaban J connectivity index is 1.83. The fourth-order valence-electron chi connectivity index (χ4n) is 1.54. The van der Waals surface area contributed by atoms with Crippen molar-refractivity contribution in [2.45, 2.75) is 6.54 Å². The number of amides is 1. The van der Waals surface area contributed by atoms with E-state index >= 15 is 0 Å². The van der Waals surface area contributed by atoms with Crippen molar-refractivity contribution in [1.29, 1.82) is 0 Å². The van der Waals surface area contributed by atoms with Crippen LogP contribution < -0.4 is 16.2 Å². The number of carbonyl (C=O) groups excluding carboxylic acids is 1. The van der Waals surface area contributed by atoms with Crippen LogP contribution in [0.5, 0.6) is 0 Å². The van der Waals surface area contributed by atoms with Gasteiger partial charge in [-0.15, -0.1) is 0 Å². The quantitative estimate of drug-likeness (QED) is 0.771. The molecule has 1 amide bonds. The van der Waals surface area contributed by atoms with Crippen molar-refractivity contribution < 1.29 is 4.79 Å². The minimum atomic E-state index is -0.499. The van der Waals surface area contributed by atoms with Crippen LogP contribution in [-0.2, 0) is 11.3 Å². The molecular weight excluding hydrogens is 280 g/mol. The van der Waals surface area contributed by atoms with E-state index in [1.54, 1.807) is 0 Å². The number of nitrogens with zero attached hydrogens (tertiary/aromatic N) is 1. The monoisotopic (exact) mass is 292 g/mol. The molecule has 6 nitrogen and oxygen atoms in total. The number of hydrogen-bond donors (Lipinski definition) is 3. The first kappa shape index (κ1) is 14.1. The normalized spacial score (nSPS) is 10.1. The summed E-state index contributed by atoms with van der Waals surface area (Å²) in [7, 11) is 0. The maximum absolute atomic E-state index is 11.7. The Hall–Kier alpha value is -2.34. The van der Waals surface area contributed by atoms with Crippen LogP contribution in [0, 0.1) is 0 Å². The van der Waals surface area contributed by atoms with Gasteiger partial charge in [-0.25, -0.2) is 5.10 Å². The summed E-state index contributed by atoms with van der Waals surface area (Å²) in [6.45, 7) is 0.459. The van der Waals surface area contributed by atoms with Crippen LogP contribution in [-0.4, -0.2) is 22.6 Å². The van der Waals surface area contributed by atoms with Crippen LogP contribution in [0.4, 0.5) is 5.69 Å². The van der Waals surface area contributed by atoms with E-state index in [0.29, 0.717) is 12.2 Å². The van der Waals surface area contributed by atoms with Gasteiger partial charge in [-0.1, -0.05) is 41.9 Å². The van der Waals surface area contributed by atoms with Crippen LogP contribution in [0.1, 0.15) is 5.56 Å². The van der Waals surface area contributed by atoms with Gasteiger partial charge in [0.05, 0.1) is 18.4 Å². The number of hydrogen-bond acceptors (Lipinski definition) is 4. The molecule has 0 radical (unpaired) electrons. The molecule has 7 heteroatoms. The van der Waals surface area contributed by atoms with Gasteiger partial charge in [-0.05, 0) is 5.56 Å². The van der Waals surface area contributed by atoms with Gasteiger partial charge in [-0.3, -0.25) is 9.59 Å². The van der Waals surface area contributed by atoms with Crippen LogP contribution in [0.15, 0.2) is 41.3 Å². The Bertz CT molecular complexity index is 642. The van der Waals surface area contributed by atoms with Crippen molar-refractivity contribution in [3.05, 3.63) is 57.5 Å². The average molecular weight is 293 g/mol. The third kappa shape index (κ3) is 3.83. The summed E-state index contributed by atoms with van der Waals surface area (Å²) < 4.78 is 0. The molecule has 0 fully saturated rings. The molecule has 2 rings (SSSR count). The second-order valence-corrected chi connectivity index (χ2v) is 4.42. The molecular formula is C13H13ClN4O2. The molecule has 3 N–H and O–H groups in total. The van der Waals surface area contributed by atoms with Crippen molar-refractivity contribution in [2.24, 2.45) is 0 Å². The molecule has 1 heterocycles. The standard InChI is InChI=1S/C13H13ClN4O2/c14-12-10(7-17-18-13(12)20)15-8-11(19)16-6-9-4-2-1-3-5-9/h1-5,7H,6,8H2,(H,16,19)(H2,15,18,20). The molecule has 1 aromatic heterocycles. The van der Waals surface area contributed by atoms with E-state index in [4.69, 9.17) is 11.6 Å². The summed E-state index contributed by atoms with van der Waals surface area (Å²) in [5.41, 5.74) is 0.836. The number of aromatic amines is 1. The Labute approximate surface area is 120 Å². The first-order valence-corrected chi connectivity index (χ1v) is 6.32. The van der Waals surface area contributed by atoms with Gasteiger partial charge < -0.3 is 10.6 Å². The largest absolute Gasteiger partial charge is 0.373 e. The lowest BCUT2D eigenvalue weighted by molar-refractivity contribution is -0.119. The number of halogens is 1. The molecule has 20 heavy (non-hydrogen) atoms. The van der Waals surface area contributed by atoms with Crippen LogP contribution in [0.2, 0.25) is 5.02 Å². The van der Waals surface area contributed by atoms with Gasteiger partial charge in [0.25, 0.3) is 5.56 Å². The lowest BCUT2D eigenvalue weighted by Gasteiger charge is -2.08. The van der Waals surface area contributed by atoms with Crippen LogP contribution >= 0.6 is 11.6 Å². The van der Waals surface area contributed by atoms with Crippen molar-refractivity contribution in [2.75, 3.05) is 11.9 Å². The zero-order valence-corrected chi connectivity index (χ0v) is 11.3. The second kappa shape index (κ2) is 6.72. The Kier molecular flexibility index (Phi) is 4.73. The molecule has 0 spiro atoms. The summed E-state index contributed by atoms with van der Waals surface area (Å²) in [5.74, 6) is -0.204. The number of benzene rings is 1. The van der Waals surface area contributed by atoms with E-state index in [1.165, 1.54) is 6.20 Å². The number of anilines is 1. The summed E-state index contributed by atoms with van der Waals surface area (Å²) in [5, 5.41) is 11.3. The summed E-state index contributed by atoms with van der Waals surface area (Å²) in [6.07, 6.45) is 1.36. The Morgan fingerprint density at radius 3 is 2.80 bits per heavy atom. The smallest absolute Gasteiger partial charge is 0.285 e. The molecule has 0 unspecified atom stereocenters. The first-order valence-electron chi connectivity index (χ1n) is 5.94. The molecule has 0 saturated heterocycles. The molecule has 0 saturated carbocycles. The molecule has 0 atom stereocenters. The highest BCUT2D eigenvalue weighted by Crippen LogP contribution is 2.13. The van der Waals surface area contributed by atoms with Crippen LogP contribution in [0.3, 0.4) is 0 Å². The molecule has 2 aromatic rings. The zero-order chi connectivity index (χ0) is 14.4. The van der Waals surface area contributed by atoms with Crippen molar-refractivity contribution >= 4 is 23.2 Å². The highest BCUT2D eigenvalue weighted by molar-refractivity contribution is 6.32. The molecule has 0 aliphatic rings. The van der Waals surface area contributed by atoms with E-state index in [9.17, 15) is 9.59 Å². The summed E-state index contributed by atoms with van der Waals surface area (Å²) in [4.78, 5) is 22.9. The second-order valence-electron chi connectivity index (χ2n) is 4.04. The lowest BCUT2D eigenvalue weighted by atomic mass is 10.2. The predicted octanol–water partition coefficient (Wildman–Crippen LogP) is 1.15. The third-order valence-electron chi connectivity index (χ3n) is 2.57. The molecule has 0 bridgehead atoms. The van der Waals surface area contributed by atoms with Gasteiger partial charge in [0, 0.05) is 6.54 Å². The minimum absolute atomic E-state index is 0.0116. The van der Waals surface area contributed by atoms with Crippen LogP contribution in [0.25, 0.3) is 0 Å². The molecule has 1 aromatic carbocycles. The number of H-pyrrole nitrogens is 1. The highest BCUT2D eigenvalue weighted by atomic mass is 35.5. The van der Waals surface area contributed by atoms with Gasteiger partial charge in [0.2, 0.25) is 5.91 Å². The minimum Gasteiger partial charge on any atom is -0.373 e. The summed E-state index contributed by atoms with van der Waals surface area (Å²) in [6, 6.07) is 9.56. The third-order valence-corrected chi connectivity index (χ3v) is 2.94. The number of rotatable bonds is 5. The SMILES string of the molecule is O=C(CNc1cn[nH]c(=O)c1Cl)NCc1ccccc1. The maximum Gasteiger partial charge on any atom is 0.285 e. The number of aromatic nitrogens is 2. The predicted molar refractivity (Wildman–Crippen MR) is 76.6 cm³/mol. The number of carbonyl (C=O) groups is 1. The molecule has 0 aliphatic carbocycles. The Morgan fingerprint density at radius 1 is 1.30 bits per heavy atom. The Morgan fingerprint density at radius 2 is 2.05 bits per heavy atom. The van der Waals surface area contributed by atoms with E-state index in [-0.39, 0.29) is 17.5 Å². The van der Waals surface area contributed by atoms with Crippen molar-refractivity contribution in [3.63, 3.8) is 0 Å². The van der Waals surface area contributed by atoms with E-state index < -0.39 is 5.56 Å². The summed E-state index contributed by atoms with van der Waals surface area (Å²) >= 11 is 5.77. The van der Waals surface area contributed by atoms with Crippen molar-refractivity contribution in [3.8, 4) is 0 Å². The fourth-order valence-corrected chi connectivity index (χ4v) is 1.70. The number of nitrogens with one attached hydrogen (secondary N) is 3. The lowest BCUT2D eigenvalue weighted by Crippen LogP contribution is -2.29. The average Bonchev–Trinajstić information content (AvgIpc) is 2.48. The zero-order valence-electron chi connectivity index (χ0n) is 10.5. The first-order chi connectivity index (χ1) is 9.66. The highest BCUT2D eigenvalue weighted by Gasteiger charge is 2.06. The van der Waals surface area contributed by atoms with Gasteiger partial charge in [0.1, 0.15) is 5.02 Å². The fraction of sp³-hybridized carbons (Fsp3) is 0.154. The van der Waals surface area contributed by atoms with E-state index in [2.05, 4.69) is 20.8 Å². The van der Waals surface area contributed by atoms with Crippen molar-refractivity contribution in [1.82, 2.24) is 15.5 Å². The maximum atomic E-state index is 11.7. The van der Waals surface area contributed by atoms with E-state index in [1.807, 2.05) is 30.3 Å². The topological polar surface area (TPSA) is 86.9 Å². The van der Waals surface area contributed by atoms with Gasteiger partial charge in [0.15, 0.2) is 0 Å². The van der Waals surface area contributed by atoms with E-state index in [0.717, 1.165) is 5.56 Å².